The van der Waals surface area contributed by atoms with E-state index in [9.17, 15) is 18.0 Å². The van der Waals surface area contributed by atoms with E-state index in [0.717, 1.165) is 32.1 Å². The Bertz CT molecular complexity index is 1690. The van der Waals surface area contributed by atoms with Crippen LogP contribution in [0.2, 0.25) is 5.02 Å². The highest BCUT2D eigenvalue weighted by atomic mass is 35.5. The van der Waals surface area contributed by atoms with Crippen LogP contribution in [0, 0.1) is 20.8 Å². The molecule has 0 radical (unpaired) electrons. The minimum atomic E-state index is -4.20. The fourth-order valence-corrected chi connectivity index (χ4v) is 6.41. The Kier molecular flexibility index (Phi) is 10.8. The van der Waals surface area contributed by atoms with Gasteiger partial charge in [0.25, 0.3) is 10.0 Å². The van der Waals surface area contributed by atoms with Crippen LogP contribution in [0.3, 0.4) is 0 Å². The predicted molar refractivity (Wildman–Crippen MR) is 176 cm³/mol. The van der Waals surface area contributed by atoms with Crippen molar-refractivity contribution < 1.29 is 18.0 Å². The molecule has 0 aliphatic heterocycles. The van der Waals surface area contributed by atoms with Crippen LogP contribution in [0.15, 0.2) is 102 Å². The number of halogens is 1. The number of carbonyl (C=O) groups is 2. The standard InChI is InChI=1S/C35H38ClN3O4S/c1-5-37-35(41)33(22-28-9-7-6-8-10-28)38(23-29-14-11-25(2)12-15-29)34(40)24-39(31-18-13-26(3)27(4)21-31)44(42,43)32-19-16-30(36)17-20-32/h6-21,33H,5,22-24H2,1-4H3,(H,37,41)/t33-/m1/s1. The zero-order valence-electron chi connectivity index (χ0n) is 25.5. The number of benzene rings is 4. The van der Waals surface area contributed by atoms with Gasteiger partial charge in [-0.15, -0.1) is 0 Å². The van der Waals surface area contributed by atoms with Crippen LogP contribution in [0.4, 0.5) is 5.69 Å². The molecule has 1 N–H and O–H groups in total. The van der Waals surface area contributed by atoms with Gasteiger partial charge in [0.1, 0.15) is 12.6 Å². The fraction of sp³-hybridized carbons (Fsp3) is 0.257. The number of nitrogens with one attached hydrogen (secondary N) is 1. The predicted octanol–water partition coefficient (Wildman–Crippen LogP) is 6.24. The van der Waals surface area contributed by atoms with Crippen LogP contribution in [-0.2, 0) is 32.6 Å². The third-order valence-electron chi connectivity index (χ3n) is 7.55. The number of carbonyl (C=O) groups excluding carboxylic acids is 2. The van der Waals surface area contributed by atoms with E-state index in [1.165, 1.54) is 29.2 Å². The van der Waals surface area contributed by atoms with Crippen LogP contribution < -0.4 is 9.62 Å². The number of rotatable bonds is 12. The Morgan fingerprint density at radius 2 is 1.48 bits per heavy atom. The molecule has 0 aliphatic carbocycles. The second kappa shape index (κ2) is 14.6. The molecule has 7 nitrogen and oxygen atoms in total. The van der Waals surface area contributed by atoms with E-state index < -0.39 is 28.5 Å². The van der Waals surface area contributed by atoms with Crippen molar-refractivity contribution in [3.8, 4) is 0 Å². The number of hydrogen-bond donors (Lipinski definition) is 1. The first-order chi connectivity index (χ1) is 21.0. The molecule has 9 heteroatoms. The SMILES string of the molecule is CCNC(=O)[C@@H](Cc1ccccc1)N(Cc1ccc(C)cc1)C(=O)CN(c1ccc(C)c(C)c1)S(=O)(=O)c1ccc(Cl)cc1. The van der Waals surface area contributed by atoms with Gasteiger partial charge >= 0.3 is 0 Å². The largest absolute Gasteiger partial charge is 0.355 e. The van der Waals surface area contributed by atoms with Gasteiger partial charge in [0.05, 0.1) is 10.6 Å². The van der Waals surface area contributed by atoms with Crippen molar-refractivity contribution in [2.45, 2.75) is 51.6 Å². The number of likely N-dealkylation sites (N-methyl/N-ethyl adjacent to an activating group) is 1. The van der Waals surface area contributed by atoms with Crippen molar-refractivity contribution >= 4 is 39.1 Å². The van der Waals surface area contributed by atoms with E-state index in [-0.39, 0.29) is 23.8 Å². The Balaban J connectivity index is 1.81. The Hall–Kier alpha value is -4.14. The van der Waals surface area contributed by atoms with Gasteiger partial charge in [0, 0.05) is 24.5 Å². The topological polar surface area (TPSA) is 86.8 Å². The normalized spacial score (nSPS) is 11.9. The van der Waals surface area contributed by atoms with Gasteiger partial charge in [-0.25, -0.2) is 8.42 Å². The lowest BCUT2D eigenvalue weighted by Crippen LogP contribution is -2.53. The second-order valence-corrected chi connectivity index (χ2v) is 13.1. The minimum absolute atomic E-state index is 0.00238. The summed E-state index contributed by atoms with van der Waals surface area (Å²) in [5.74, 6) is -0.816. The van der Waals surface area contributed by atoms with Crippen LogP contribution in [0.25, 0.3) is 0 Å². The number of nitrogens with zero attached hydrogens (tertiary/aromatic N) is 2. The smallest absolute Gasteiger partial charge is 0.264 e. The van der Waals surface area contributed by atoms with Crippen LogP contribution in [-0.4, -0.2) is 44.3 Å². The second-order valence-electron chi connectivity index (χ2n) is 10.8. The highest BCUT2D eigenvalue weighted by Gasteiger charge is 2.34. The number of amides is 2. The Labute approximate surface area is 265 Å². The molecular weight excluding hydrogens is 594 g/mol. The summed E-state index contributed by atoms with van der Waals surface area (Å²) in [6, 6.07) is 27.5. The summed E-state index contributed by atoms with van der Waals surface area (Å²) in [5, 5.41) is 3.28. The molecule has 0 aliphatic rings. The Morgan fingerprint density at radius 3 is 2.09 bits per heavy atom. The zero-order chi connectivity index (χ0) is 31.9. The number of hydrogen-bond acceptors (Lipinski definition) is 4. The third kappa shape index (κ3) is 8.07. The summed E-state index contributed by atoms with van der Waals surface area (Å²) in [6.07, 6.45) is 0.262. The molecule has 0 heterocycles. The first kappa shape index (κ1) is 32.8. The average Bonchev–Trinajstić information content (AvgIpc) is 3.00. The molecule has 0 bridgehead atoms. The summed E-state index contributed by atoms with van der Waals surface area (Å²) >= 11 is 6.06. The molecule has 0 saturated heterocycles. The summed E-state index contributed by atoms with van der Waals surface area (Å²) in [6.45, 7) is 7.62. The Morgan fingerprint density at radius 1 is 0.818 bits per heavy atom. The van der Waals surface area contributed by atoms with E-state index in [0.29, 0.717) is 17.3 Å². The molecule has 1 atom stereocenters. The van der Waals surface area contributed by atoms with Gasteiger partial charge < -0.3 is 10.2 Å². The highest BCUT2D eigenvalue weighted by Crippen LogP contribution is 2.27. The van der Waals surface area contributed by atoms with Crippen molar-refractivity contribution in [3.05, 3.63) is 130 Å². The molecule has 0 unspecified atom stereocenters. The van der Waals surface area contributed by atoms with Gasteiger partial charge in [-0.2, -0.15) is 0 Å². The number of aryl methyl sites for hydroxylation is 3. The lowest BCUT2D eigenvalue weighted by molar-refractivity contribution is -0.140. The highest BCUT2D eigenvalue weighted by molar-refractivity contribution is 7.92. The minimum Gasteiger partial charge on any atom is -0.355 e. The lowest BCUT2D eigenvalue weighted by atomic mass is 10.0. The van der Waals surface area contributed by atoms with E-state index in [1.807, 2.05) is 88.4 Å². The first-order valence-corrected chi connectivity index (χ1v) is 16.3. The van der Waals surface area contributed by atoms with Crippen LogP contribution in [0.1, 0.15) is 34.7 Å². The fourth-order valence-electron chi connectivity index (χ4n) is 4.88. The quantitative estimate of drug-likeness (QED) is 0.201. The first-order valence-electron chi connectivity index (χ1n) is 14.5. The molecule has 4 aromatic rings. The number of anilines is 1. The van der Waals surface area contributed by atoms with Gasteiger partial charge in [-0.1, -0.05) is 77.8 Å². The van der Waals surface area contributed by atoms with Gasteiger partial charge in [-0.3, -0.25) is 13.9 Å². The van der Waals surface area contributed by atoms with Crippen molar-refractivity contribution in [2.75, 3.05) is 17.4 Å². The summed E-state index contributed by atoms with van der Waals surface area (Å²) in [4.78, 5) is 29.5. The maximum atomic E-state index is 14.4. The van der Waals surface area contributed by atoms with Crippen molar-refractivity contribution in [1.29, 1.82) is 0 Å². The van der Waals surface area contributed by atoms with Gasteiger partial charge in [-0.05, 0) is 86.3 Å². The molecule has 2 amide bonds. The van der Waals surface area contributed by atoms with Crippen molar-refractivity contribution in [1.82, 2.24) is 10.2 Å². The molecule has 230 valence electrons. The van der Waals surface area contributed by atoms with Gasteiger partial charge in [0.2, 0.25) is 11.8 Å². The lowest BCUT2D eigenvalue weighted by Gasteiger charge is -2.34. The van der Waals surface area contributed by atoms with E-state index in [2.05, 4.69) is 5.32 Å². The molecule has 0 saturated carbocycles. The molecule has 44 heavy (non-hydrogen) atoms. The van der Waals surface area contributed by atoms with Crippen LogP contribution in [0.5, 0.6) is 0 Å². The maximum Gasteiger partial charge on any atom is 0.264 e. The third-order valence-corrected chi connectivity index (χ3v) is 9.59. The van der Waals surface area contributed by atoms with Crippen molar-refractivity contribution in [3.63, 3.8) is 0 Å². The molecule has 4 rings (SSSR count). The number of sulfonamides is 1. The summed E-state index contributed by atoms with van der Waals surface area (Å²) in [5.41, 5.74) is 4.99. The van der Waals surface area contributed by atoms with Crippen LogP contribution >= 0.6 is 11.6 Å². The van der Waals surface area contributed by atoms with Crippen molar-refractivity contribution in [2.24, 2.45) is 0 Å². The van der Waals surface area contributed by atoms with E-state index >= 15 is 0 Å². The molecular formula is C35H38ClN3O4S. The summed E-state index contributed by atoms with van der Waals surface area (Å²) in [7, 11) is -4.20. The maximum absolute atomic E-state index is 14.4. The summed E-state index contributed by atoms with van der Waals surface area (Å²) < 4.78 is 29.4. The molecule has 0 aromatic heterocycles. The van der Waals surface area contributed by atoms with Gasteiger partial charge in [0.15, 0.2) is 0 Å². The molecule has 4 aromatic carbocycles. The zero-order valence-corrected chi connectivity index (χ0v) is 27.0. The average molecular weight is 632 g/mol. The van der Waals surface area contributed by atoms with E-state index in [4.69, 9.17) is 11.6 Å². The molecule has 0 fully saturated rings. The van der Waals surface area contributed by atoms with E-state index in [1.54, 1.807) is 12.1 Å². The monoisotopic (exact) mass is 631 g/mol. The molecule has 0 spiro atoms.